The van der Waals surface area contributed by atoms with E-state index in [0.717, 1.165) is 17.8 Å². The molecule has 2 unspecified atom stereocenters. The number of hydrogen-bond donors (Lipinski definition) is 0. The molecule has 1 aromatic carbocycles. The van der Waals surface area contributed by atoms with Gasteiger partial charge in [-0.25, -0.2) is 0 Å². The van der Waals surface area contributed by atoms with Gasteiger partial charge in [0.25, 0.3) is 0 Å². The average Bonchev–Trinajstić information content (AvgIpc) is 3.30. The molecule has 4 rings (SSSR count). The molecule has 2 aliphatic heterocycles. The summed E-state index contributed by atoms with van der Waals surface area (Å²) in [6, 6.07) is 9.53. The van der Waals surface area contributed by atoms with Crippen molar-refractivity contribution in [3.8, 4) is 0 Å². The summed E-state index contributed by atoms with van der Waals surface area (Å²) in [5, 5.41) is 0. The minimum atomic E-state index is 0.772. The summed E-state index contributed by atoms with van der Waals surface area (Å²) in [4.78, 5) is 5.30. The normalized spacial score (nSPS) is 27.2. The molecule has 2 saturated heterocycles. The largest absolute Gasteiger partial charge is 0.303 e. The Balaban J connectivity index is 1.35. The number of likely N-dealkylation sites (tertiary alicyclic amines) is 2. The average molecular weight is 339 g/mol. The van der Waals surface area contributed by atoms with Gasteiger partial charge in [0.1, 0.15) is 0 Å². The zero-order valence-electron chi connectivity index (χ0n) is 16.1. The zero-order chi connectivity index (χ0) is 17.2. The quantitative estimate of drug-likeness (QED) is 0.762. The summed E-state index contributed by atoms with van der Waals surface area (Å²) in [6.45, 7) is 12.4. The van der Waals surface area contributed by atoms with E-state index in [2.05, 4.69) is 54.0 Å². The lowest BCUT2D eigenvalue weighted by Gasteiger charge is -2.19. The van der Waals surface area contributed by atoms with E-state index < -0.39 is 0 Å². The van der Waals surface area contributed by atoms with Crippen LogP contribution in [0.2, 0.25) is 0 Å². The molecule has 0 aromatic heterocycles. The van der Waals surface area contributed by atoms with E-state index in [9.17, 15) is 0 Å². The highest BCUT2D eigenvalue weighted by atomic mass is 15.2. The van der Waals surface area contributed by atoms with Crippen molar-refractivity contribution in [1.29, 1.82) is 0 Å². The predicted molar refractivity (Wildman–Crippen MR) is 107 cm³/mol. The lowest BCUT2D eigenvalue weighted by atomic mass is 9.90. The monoisotopic (exact) mass is 338 g/mol. The third-order valence-electron chi connectivity index (χ3n) is 6.38. The number of hydrogen-bond acceptors (Lipinski definition) is 2. The van der Waals surface area contributed by atoms with Gasteiger partial charge in [0.2, 0.25) is 0 Å². The fourth-order valence-electron chi connectivity index (χ4n) is 5.14. The van der Waals surface area contributed by atoms with Crippen LogP contribution in [0.1, 0.15) is 44.2 Å². The van der Waals surface area contributed by atoms with E-state index in [1.165, 1.54) is 76.1 Å². The molecule has 0 saturated carbocycles. The van der Waals surface area contributed by atoms with E-state index in [1.807, 2.05) is 0 Å². The Labute approximate surface area is 153 Å². The first kappa shape index (κ1) is 17.3. The molecule has 2 fully saturated rings. The predicted octanol–water partition coefficient (Wildman–Crippen LogP) is 4.32. The Bertz CT molecular complexity index is 595. The van der Waals surface area contributed by atoms with Gasteiger partial charge in [-0.1, -0.05) is 44.2 Å². The van der Waals surface area contributed by atoms with Crippen LogP contribution < -0.4 is 0 Å². The van der Waals surface area contributed by atoms with Crippen LogP contribution in [0.5, 0.6) is 0 Å². The Kier molecular flexibility index (Phi) is 5.28. The molecule has 0 amide bonds. The number of allylic oxidation sites excluding steroid dienone is 1. The molecule has 3 aliphatic rings. The Hall–Kier alpha value is -1.12. The third kappa shape index (κ3) is 4.01. The van der Waals surface area contributed by atoms with Crippen LogP contribution in [-0.4, -0.2) is 49.1 Å². The smallest absolute Gasteiger partial charge is 0.00539 e. The van der Waals surface area contributed by atoms with Crippen molar-refractivity contribution < 1.29 is 0 Å². The first-order valence-corrected chi connectivity index (χ1v) is 10.4. The van der Waals surface area contributed by atoms with Gasteiger partial charge < -0.3 is 9.80 Å². The van der Waals surface area contributed by atoms with Crippen molar-refractivity contribution in [1.82, 2.24) is 9.80 Å². The molecule has 25 heavy (non-hydrogen) atoms. The summed E-state index contributed by atoms with van der Waals surface area (Å²) >= 11 is 0. The molecule has 2 nitrogen and oxygen atoms in total. The van der Waals surface area contributed by atoms with Gasteiger partial charge in [0.05, 0.1) is 0 Å². The second kappa shape index (κ2) is 7.63. The molecule has 2 heteroatoms. The molecule has 2 atom stereocenters. The van der Waals surface area contributed by atoms with E-state index in [-0.39, 0.29) is 0 Å². The fraction of sp³-hybridized carbons (Fsp3) is 0.652. The first-order chi connectivity index (χ1) is 12.2. The highest BCUT2D eigenvalue weighted by Crippen LogP contribution is 2.43. The summed E-state index contributed by atoms with van der Waals surface area (Å²) < 4.78 is 0. The molecule has 0 spiro atoms. The van der Waals surface area contributed by atoms with Crippen LogP contribution in [0.4, 0.5) is 0 Å². The standard InChI is InChI=1S/C23H34N2/c1-18(2)15-25-16-21-9-10-22(23(21)17-25)20-7-5-19(6-8-20)11-14-24-12-3-4-13-24/h5-8,10,18,21,23H,3-4,9,11-17H2,1-2H3. The van der Waals surface area contributed by atoms with Gasteiger partial charge in [-0.3, -0.25) is 0 Å². The number of rotatable bonds is 6. The SMILES string of the molecule is CC(C)CN1CC2CC=C(c3ccc(CCN4CCCC4)cc3)C2C1. The molecule has 0 radical (unpaired) electrons. The van der Waals surface area contributed by atoms with E-state index >= 15 is 0 Å². The maximum Gasteiger partial charge on any atom is 0.00539 e. The molecular weight excluding hydrogens is 304 g/mol. The van der Waals surface area contributed by atoms with Crippen LogP contribution in [-0.2, 0) is 6.42 Å². The molecule has 0 N–H and O–H groups in total. The number of nitrogens with zero attached hydrogens (tertiary/aromatic N) is 2. The van der Waals surface area contributed by atoms with Crippen molar-refractivity contribution in [2.75, 3.05) is 39.3 Å². The van der Waals surface area contributed by atoms with E-state index in [4.69, 9.17) is 0 Å². The number of fused-ring (bicyclic) bond motifs is 1. The maximum atomic E-state index is 2.69. The lowest BCUT2D eigenvalue weighted by molar-refractivity contribution is 0.285. The Morgan fingerprint density at radius 1 is 1.00 bits per heavy atom. The van der Waals surface area contributed by atoms with Gasteiger partial charge in [-0.2, -0.15) is 0 Å². The second-order valence-electron chi connectivity index (χ2n) is 8.87. The second-order valence-corrected chi connectivity index (χ2v) is 8.87. The molecule has 0 bridgehead atoms. The van der Waals surface area contributed by atoms with Crippen molar-refractivity contribution in [3.63, 3.8) is 0 Å². The van der Waals surface area contributed by atoms with Crippen LogP contribution in [0.25, 0.3) is 5.57 Å². The lowest BCUT2D eigenvalue weighted by Crippen LogP contribution is -2.26. The highest BCUT2D eigenvalue weighted by molar-refractivity contribution is 5.70. The van der Waals surface area contributed by atoms with Crippen molar-refractivity contribution in [2.24, 2.45) is 17.8 Å². The molecule has 2 heterocycles. The van der Waals surface area contributed by atoms with E-state index in [1.54, 1.807) is 5.57 Å². The van der Waals surface area contributed by atoms with E-state index in [0.29, 0.717) is 0 Å². The summed E-state index contributed by atoms with van der Waals surface area (Å²) in [5.41, 5.74) is 4.60. The molecule has 1 aromatic rings. The molecule has 1 aliphatic carbocycles. The summed E-state index contributed by atoms with van der Waals surface area (Å²) in [5.74, 6) is 2.42. The molecule has 136 valence electrons. The minimum absolute atomic E-state index is 0.772. The Morgan fingerprint density at radius 2 is 1.76 bits per heavy atom. The first-order valence-electron chi connectivity index (χ1n) is 10.4. The zero-order valence-corrected chi connectivity index (χ0v) is 16.1. The highest BCUT2D eigenvalue weighted by Gasteiger charge is 2.38. The van der Waals surface area contributed by atoms with Gasteiger partial charge in [-0.05, 0) is 67.3 Å². The van der Waals surface area contributed by atoms with Gasteiger partial charge in [0, 0.05) is 32.1 Å². The summed E-state index contributed by atoms with van der Waals surface area (Å²) in [6.07, 6.45) is 7.80. The fourth-order valence-corrected chi connectivity index (χ4v) is 5.14. The molecular formula is C23H34N2. The topological polar surface area (TPSA) is 6.48 Å². The van der Waals surface area contributed by atoms with Crippen molar-refractivity contribution in [2.45, 2.75) is 39.5 Å². The van der Waals surface area contributed by atoms with Gasteiger partial charge in [-0.15, -0.1) is 0 Å². The van der Waals surface area contributed by atoms with Gasteiger partial charge in [0.15, 0.2) is 0 Å². The van der Waals surface area contributed by atoms with Crippen molar-refractivity contribution >= 4 is 5.57 Å². The van der Waals surface area contributed by atoms with Crippen LogP contribution in [0, 0.1) is 17.8 Å². The van der Waals surface area contributed by atoms with Crippen LogP contribution >= 0.6 is 0 Å². The van der Waals surface area contributed by atoms with Crippen molar-refractivity contribution in [3.05, 3.63) is 41.5 Å². The maximum absolute atomic E-state index is 2.69. The van der Waals surface area contributed by atoms with Gasteiger partial charge >= 0.3 is 0 Å². The number of benzene rings is 1. The summed E-state index contributed by atoms with van der Waals surface area (Å²) in [7, 11) is 0. The third-order valence-corrected chi connectivity index (χ3v) is 6.38. The van der Waals surface area contributed by atoms with Crippen LogP contribution in [0.15, 0.2) is 30.3 Å². The minimum Gasteiger partial charge on any atom is -0.303 e. The Morgan fingerprint density at radius 3 is 2.48 bits per heavy atom. The van der Waals surface area contributed by atoms with Crippen LogP contribution in [0.3, 0.4) is 0 Å².